The first-order valence-corrected chi connectivity index (χ1v) is 4.53. The second kappa shape index (κ2) is 2.42. The Labute approximate surface area is 76.1 Å². The highest BCUT2D eigenvalue weighted by Gasteiger charge is 2.12. The molecule has 3 rings (SSSR count). The molecule has 2 heterocycles. The third kappa shape index (κ3) is 0.900. The van der Waals surface area contributed by atoms with Crippen LogP contribution in [0.4, 0.5) is 11.5 Å². The average molecular weight is 173 g/mol. The Bertz CT molecular complexity index is 444. The quantitative estimate of drug-likeness (QED) is 0.570. The van der Waals surface area contributed by atoms with Crippen molar-refractivity contribution in [2.24, 2.45) is 0 Å². The Morgan fingerprint density at radius 2 is 1.85 bits per heavy atom. The van der Waals surface area contributed by atoms with Crippen molar-refractivity contribution in [3.63, 3.8) is 0 Å². The van der Waals surface area contributed by atoms with E-state index >= 15 is 0 Å². The number of nitrogens with one attached hydrogen (secondary N) is 3. The first-order valence-electron chi connectivity index (χ1n) is 4.53. The van der Waals surface area contributed by atoms with Crippen LogP contribution in [0.25, 0.3) is 10.9 Å². The molecule has 3 heteroatoms. The molecule has 0 amide bonds. The van der Waals surface area contributed by atoms with E-state index in [1.807, 2.05) is 6.07 Å². The fraction of sp³-hybridized carbons (Fsp3) is 0.200. The van der Waals surface area contributed by atoms with Crippen LogP contribution in [0.5, 0.6) is 0 Å². The van der Waals surface area contributed by atoms with Crippen LogP contribution < -0.4 is 10.6 Å². The predicted molar refractivity (Wildman–Crippen MR) is 55.3 cm³/mol. The maximum absolute atomic E-state index is 3.39. The molecule has 1 aliphatic rings. The zero-order chi connectivity index (χ0) is 8.67. The van der Waals surface area contributed by atoms with E-state index in [1.165, 1.54) is 16.6 Å². The number of hydrogen-bond donors (Lipinski definition) is 3. The van der Waals surface area contributed by atoms with Crippen LogP contribution in [0.2, 0.25) is 0 Å². The first kappa shape index (κ1) is 6.83. The molecule has 0 aliphatic carbocycles. The van der Waals surface area contributed by atoms with Gasteiger partial charge in [0.2, 0.25) is 0 Å². The number of para-hydroxylation sites is 1. The van der Waals surface area contributed by atoms with Gasteiger partial charge in [0.05, 0.1) is 5.69 Å². The van der Waals surface area contributed by atoms with E-state index in [1.54, 1.807) is 0 Å². The molecule has 13 heavy (non-hydrogen) atoms. The molecule has 0 fully saturated rings. The Hall–Kier alpha value is -1.64. The number of aromatic amines is 1. The van der Waals surface area contributed by atoms with Gasteiger partial charge in [-0.15, -0.1) is 0 Å². The fourth-order valence-electron chi connectivity index (χ4n) is 1.83. The van der Waals surface area contributed by atoms with E-state index in [0.29, 0.717) is 0 Å². The maximum atomic E-state index is 3.39. The highest BCUT2D eigenvalue weighted by Crippen LogP contribution is 2.32. The van der Waals surface area contributed by atoms with Gasteiger partial charge in [-0.2, -0.15) is 0 Å². The molecule has 0 atom stereocenters. The monoisotopic (exact) mass is 173 g/mol. The van der Waals surface area contributed by atoms with Crippen LogP contribution in [-0.4, -0.2) is 18.1 Å². The fourth-order valence-corrected chi connectivity index (χ4v) is 1.83. The summed E-state index contributed by atoms with van der Waals surface area (Å²) in [6.07, 6.45) is 0. The molecule has 1 aliphatic heterocycles. The number of H-pyrrole nitrogens is 1. The zero-order valence-corrected chi connectivity index (χ0v) is 7.22. The summed E-state index contributed by atoms with van der Waals surface area (Å²) in [6.45, 7) is 1.98. The van der Waals surface area contributed by atoms with Gasteiger partial charge in [-0.1, -0.05) is 18.2 Å². The number of fused-ring (bicyclic) bond motifs is 3. The zero-order valence-electron chi connectivity index (χ0n) is 7.22. The molecule has 3 nitrogen and oxygen atoms in total. The molecule has 3 N–H and O–H groups in total. The van der Waals surface area contributed by atoms with E-state index in [0.717, 1.165) is 18.9 Å². The Morgan fingerprint density at radius 3 is 2.85 bits per heavy atom. The molecule has 0 radical (unpaired) electrons. The minimum atomic E-state index is 0.986. The van der Waals surface area contributed by atoms with Crippen LogP contribution in [0.15, 0.2) is 24.3 Å². The van der Waals surface area contributed by atoms with Crippen molar-refractivity contribution in [2.75, 3.05) is 23.7 Å². The van der Waals surface area contributed by atoms with E-state index in [4.69, 9.17) is 0 Å². The topological polar surface area (TPSA) is 39.9 Å². The standard InChI is InChI=1S/C10H11N3/c1-2-4-8-7(3-1)9-10(13-8)12-6-5-11-9/h1-4,11-13H,5-6H2. The summed E-state index contributed by atoms with van der Waals surface area (Å²) in [5.41, 5.74) is 2.40. The summed E-state index contributed by atoms with van der Waals surface area (Å²) in [6, 6.07) is 8.33. The third-order valence-electron chi connectivity index (χ3n) is 2.43. The van der Waals surface area contributed by atoms with Crippen LogP contribution in [0.3, 0.4) is 0 Å². The predicted octanol–water partition coefficient (Wildman–Crippen LogP) is 2.01. The molecule has 0 unspecified atom stereocenters. The Kier molecular flexibility index (Phi) is 1.27. The van der Waals surface area contributed by atoms with Crippen LogP contribution in [0, 0.1) is 0 Å². The minimum absolute atomic E-state index is 0.986. The summed E-state index contributed by atoms with van der Waals surface area (Å²) in [5, 5.41) is 7.99. The van der Waals surface area contributed by atoms with Crippen molar-refractivity contribution in [3.05, 3.63) is 24.3 Å². The molecule has 0 spiro atoms. The van der Waals surface area contributed by atoms with Crippen molar-refractivity contribution in [3.8, 4) is 0 Å². The van der Waals surface area contributed by atoms with Gasteiger partial charge in [0, 0.05) is 24.0 Å². The van der Waals surface area contributed by atoms with Gasteiger partial charge in [0.15, 0.2) is 0 Å². The summed E-state index contributed by atoms with van der Waals surface area (Å²) in [4.78, 5) is 3.34. The summed E-state index contributed by atoms with van der Waals surface area (Å²) in [7, 11) is 0. The van der Waals surface area contributed by atoms with Gasteiger partial charge in [0.1, 0.15) is 5.82 Å². The number of hydrogen-bond acceptors (Lipinski definition) is 2. The average Bonchev–Trinajstić information content (AvgIpc) is 2.56. The van der Waals surface area contributed by atoms with Gasteiger partial charge in [0.25, 0.3) is 0 Å². The van der Waals surface area contributed by atoms with Crippen molar-refractivity contribution >= 4 is 22.4 Å². The molecular formula is C10H11N3. The van der Waals surface area contributed by atoms with Crippen LogP contribution in [-0.2, 0) is 0 Å². The highest BCUT2D eigenvalue weighted by atomic mass is 15.1. The summed E-state index contributed by atoms with van der Waals surface area (Å²) < 4.78 is 0. The summed E-state index contributed by atoms with van der Waals surface area (Å²) >= 11 is 0. The smallest absolute Gasteiger partial charge is 0.128 e. The van der Waals surface area contributed by atoms with E-state index in [9.17, 15) is 0 Å². The van der Waals surface area contributed by atoms with E-state index in [2.05, 4.69) is 33.8 Å². The molecule has 0 bridgehead atoms. The first-order chi connectivity index (χ1) is 6.45. The number of aromatic nitrogens is 1. The van der Waals surface area contributed by atoms with Crippen molar-refractivity contribution < 1.29 is 0 Å². The molecular weight excluding hydrogens is 162 g/mol. The Morgan fingerprint density at radius 1 is 1.00 bits per heavy atom. The van der Waals surface area contributed by atoms with Crippen LogP contribution >= 0.6 is 0 Å². The van der Waals surface area contributed by atoms with Gasteiger partial charge in [-0.25, -0.2) is 0 Å². The Balaban J connectivity index is 2.34. The van der Waals surface area contributed by atoms with Gasteiger partial charge < -0.3 is 15.6 Å². The van der Waals surface area contributed by atoms with Crippen LogP contribution in [0.1, 0.15) is 0 Å². The maximum Gasteiger partial charge on any atom is 0.128 e. The molecule has 2 aromatic rings. The molecule has 1 aromatic carbocycles. The highest BCUT2D eigenvalue weighted by molar-refractivity contribution is 6.00. The lowest BCUT2D eigenvalue weighted by Crippen LogP contribution is -2.19. The number of anilines is 2. The molecule has 0 saturated heterocycles. The second-order valence-electron chi connectivity index (χ2n) is 3.27. The van der Waals surface area contributed by atoms with Crippen molar-refractivity contribution in [1.82, 2.24) is 4.98 Å². The SMILES string of the molecule is c1ccc2c3c([nH]c2c1)NCCN3. The van der Waals surface area contributed by atoms with E-state index in [-0.39, 0.29) is 0 Å². The van der Waals surface area contributed by atoms with Gasteiger partial charge in [-0.3, -0.25) is 0 Å². The van der Waals surface area contributed by atoms with Crippen molar-refractivity contribution in [2.45, 2.75) is 0 Å². The number of rotatable bonds is 0. The summed E-state index contributed by atoms with van der Waals surface area (Å²) in [5.74, 6) is 1.12. The molecule has 1 aromatic heterocycles. The lowest BCUT2D eigenvalue weighted by molar-refractivity contribution is 1.04. The molecule has 0 saturated carbocycles. The third-order valence-corrected chi connectivity index (χ3v) is 2.43. The van der Waals surface area contributed by atoms with Crippen molar-refractivity contribution in [1.29, 1.82) is 0 Å². The lowest BCUT2D eigenvalue weighted by atomic mass is 10.2. The molecule has 66 valence electrons. The van der Waals surface area contributed by atoms with E-state index < -0.39 is 0 Å². The number of benzene rings is 1. The minimum Gasteiger partial charge on any atom is -0.380 e. The van der Waals surface area contributed by atoms with Gasteiger partial charge in [-0.05, 0) is 6.07 Å². The normalized spacial score (nSPS) is 14.8. The lowest BCUT2D eigenvalue weighted by Gasteiger charge is -2.15. The second-order valence-corrected chi connectivity index (χ2v) is 3.27. The largest absolute Gasteiger partial charge is 0.380 e. The van der Waals surface area contributed by atoms with Gasteiger partial charge >= 0.3 is 0 Å².